The Morgan fingerprint density at radius 1 is 1.24 bits per heavy atom. The summed E-state index contributed by atoms with van der Waals surface area (Å²) in [6.07, 6.45) is 13.4. The maximum atomic E-state index is 5.86. The number of nitrogens with zero attached hydrogens (tertiary/aromatic N) is 1. The Labute approximate surface area is 146 Å². The van der Waals surface area contributed by atoms with E-state index < -0.39 is 0 Å². The highest BCUT2D eigenvalue weighted by Crippen LogP contribution is 2.20. The summed E-state index contributed by atoms with van der Waals surface area (Å²) in [6.45, 7) is 4.69. The van der Waals surface area contributed by atoms with Crippen LogP contribution in [-0.4, -0.2) is 37.8 Å². The lowest BCUT2D eigenvalue weighted by Gasteiger charge is -2.16. The third-order valence-corrected chi connectivity index (χ3v) is 3.92. The van der Waals surface area contributed by atoms with Crippen LogP contribution in [0.25, 0.3) is 0 Å². The maximum Gasteiger partial charge on any atom is 0.191 e. The number of hydrogen-bond acceptors (Lipinski definition) is 2. The second-order valence-electron chi connectivity index (χ2n) is 5.68. The lowest BCUT2D eigenvalue weighted by Crippen LogP contribution is -2.42. The normalized spacial score (nSPS) is 19.8. The van der Waals surface area contributed by atoms with Crippen molar-refractivity contribution in [2.24, 2.45) is 4.99 Å². The molecule has 0 aliphatic heterocycles. The highest BCUT2D eigenvalue weighted by Gasteiger charge is 2.14. The topological polar surface area (TPSA) is 45.7 Å². The minimum Gasteiger partial charge on any atom is -0.378 e. The lowest BCUT2D eigenvalue weighted by atomic mass is 10.2. The van der Waals surface area contributed by atoms with Crippen LogP contribution >= 0.6 is 24.0 Å². The molecule has 0 saturated heterocycles. The first kappa shape index (κ1) is 18.7. The van der Waals surface area contributed by atoms with E-state index in [0.29, 0.717) is 12.1 Å². The molecule has 2 rings (SSSR count). The molecule has 2 aliphatic carbocycles. The molecule has 0 radical (unpaired) electrons. The van der Waals surface area contributed by atoms with Gasteiger partial charge in [-0.05, 0) is 39.0 Å². The van der Waals surface area contributed by atoms with Crippen molar-refractivity contribution in [2.45, 2.75) is 64.0 Å². The number of ether oxygens (including phenoxy) is 1. The first-order chi connectivity index (χ1) is 9.88. The fraction of sp³-hybridized carbons (Fsp3) is 0.812. The molecule has 0 bridgehead atoms. The SMILES string of the molecule is CCNC(=NCCCOC1CCCC1)NC1CC=CC1.I. The van der Waals surface area contributed by atoms with Crippen molar-refractivity contribution in [1.82, 2.24) is 10.6 Å². The highest BCUT2D eigenvalue weighted by atomic mass is 127. The van der Waals surface area contributed by atoms with Crippen LogP contribution in [0, 0.1) is 0 Å². The molecule has 0 unspecified atom stereocenters. The molecule has 4 nitrogen and oxygen atoms in total. The van der Waals surface area contributed by atoms with Crippen molar-refractivity contribution < 1.29 is 4.74 Å². The van der Waals surface area contributed by atoms with Crippen molar-refractivity contribution in [3.8, 4) is 0 Å². The molecule has 0 spiro atoms. The van der Waals surface area contributed by atoms with Crippen molar-refractivity contribution in [3.05, 3.63) is 12.2 Å². The Kier molecular flexibility index (Phi) is 10.1. The zero-order chi connectivity index (χ0) is 14.0. The van der Waals surface area contributed by atoms with Crippen LogP contribution in [0.1, 0.15) is 51.9 Å². The molecule has 122 valence electrons. The third-order valence-electron chi connectivity index (χ3n) is 3.92. The monoisotopic (exact) mass is 407 g/mol. The maximum absolute atomic E-state index is 5.86. The molecule has 0 aromatic rings. The van der Waals surface area contributed by atoms with Crippen LogP contribution in [-0.2, 0) is 4.74 Å². The smallest absolute Gasteiger partial charge is 0.191 e. The van der Waals surface area contributed by atoms with E-state index >= 15 is 0 Å². The van der Waals surface area contributed by atoms with Crippen LogP contribution in [0.2, 0.25) is 0 Å². The summed E-state index contributed by atoms with van der Waals surface area (Å²) in [7, 11) is 0. The summed E-state index contributed by atoms with van der Waals surface area (Å²) in [5, 5.41) is 6.80. The Morgan fingerprint density at radius 2 is 1.95 bits per heavy atom. The van der Waals surface area contributed by atoms with Gasteiger partial charge in [-0.1, -0.05) is 25.0 Å². The third kappa shape index (κ3) is 7.49. The zero-order valence-corrected chi connectivity index (χ0v) is 15.5. The van der Waals surface area contributed by atoms with Gasteiger partial charge in [0.05, 0.1) is 6.10 Å². The van der Waals surface area contributed by atoms with Gasteiger partial charge in [0.2, 0.25) is 0 Å². The van der Waals surface area contributed by atoms with Crippen molar-refractivity contribution >= 4 is 29.9 Å². The molecule has 0 heterocycles. The van der Waals surface area contributed by atoms with Gasteiger partial charge in [0.15, 0.2) is 5.96 Å². The summed E-state index contributed by atoms with van der Waals surface area (Å²) in [6, 6.07) is 0.516. The minimum atomic E-state index is 0. The molecule has 0 aromatic carbocycles. The summed E-state index contributed by atoms with van der Waals surface area (Å²) in [5.41, 5.74) is 0. The Balaban J connectivity index is 0.00000220. The molecule has 0 aromatic heterocycles. The van der Waals surface area contributed by atoms with E-state index in [1.807, 2.05) is 0 Å². The van der Waals surface area contributed by atoms with E-state index in [0.717, 1.165) is 44.9 Å². The summed E-state index contributed by atoms with van der Waals surface area (Å²) in [5.74, 6) is 0.946. The molecule has 1 saturated carbocycles. The Hall–Kier alpha value is -0.300. The van der Waals surface area contributed by atoms with Gasteiger partial charge in [0.25, 0.3) is 0 Å². The number of hydrogen-bond donors (Lipinski definition) is 2. The molecule has 5 heteroatoms. The molecule has 21 heavy (non-hydrogen) atoms. The largest absolute Gasteiger partial charge is 0.378 e. The molecule has 0 amide bonds. The van der Waals surface area contributed by atoms with E-state index in [2.05, 4.69) is 34.7 Å². The van der Waals surface area contributed by atoms with Crippen molar-refractivity contribution in [1.29, 1.82) is 0 Å². The number of nitrogens with one attached hydrogen (secondary N) is 2. The van der Waals surface area contributed by atoms with Crippen LogP contribution < -0.4 is 10.6 Å². The molecule has 1 fully saturated rings. The number of halogens is 1. The standard InChI is InChI=1S/C16H29N3O.HI/c1-2-17-16(19-14-8-3-4-9-14)18-12-7-13-20-15-10-5-6-11-15;/h3-4,14-15H,2,5-13H2,1H3,(H2,17,18,19);1H. The van der Waals surface area contributed by atoms with Gasteiger partial charge < -0.3 is 15.4 Å². The second kappa shape index (κ2) is 11.3. The number of guanidine groups is 1. The Morgan fingerprint density at radius 3 is 2.62 bits per heavy atom. The van der Waals surface area contributed by atoms with Gasteiger partial charge in [-0.25, -0.2) is 0 Å². The zero-order valence-electron chi connectivity index (χ0n) is 13.1. The number of rotatable bonds is 7. The van der Waals surface area contributed by atoms with Gasteiger partial charge >= 0.3 is 0 Å². The highest BCUT2D eigenvalue weighted by molar-refractivity contribution is 14.0. The Bertz CT molecular complexity index is 319. The predicted octanol–water partition coefficient (Wildman–Crippen LogP) is 3.23. The lowest BCUT2D eigenvalue weighted by molar-refractivity contribution is 0.0579. The molecular formula is C16H30IN3O. The van der Waals surface area contributed by atoms with Crippen LogP contribution in [0.4, 0.5) is 0 Å². The average Bonchev–Trinajstić information content (AvgIpc) is 3.11. The molecular weight excluding hydrogens is 377 g/mol. The van der Waals surface area contributed by atoms with Crippen LogP contribution in [0.15, 0.2) is 17.1 Å². The van der Waals surface area contributed by atoms with Crippen molar-refractivity contribution in [2.75, 3.05) is 19.7 Å². The van der Waals surface area contributed by atoms with E-state index in [1.54, 1.807) is 0 Å². The first-order valence-electron chi connectivity index (χ1n) is 8.20. The molecule has 0 atom stereocenters. The fourth-order valence-electron chi connectivity index (χ4n) is 2.81. The predicted molar refractivity (Wildman–Crippen MR) is 99.5 cm³/mol. The van der Waals surface area contributed by atoms with Gasteiger partial charge in [0.1, 0.15) is 0 Å². The van der Waals surface area contributed by atoms with E-state index in [-0.39, 0.29) is 24.0 Å². The van der Waals surface area contributed by atoms with Crippen LogP contribution in [0.5, 0.6) is 0 Å². The minimum absolute atomic E-state index is 0. The van der Waals surface area contributed by atoms with Gasteiger partial charge in [-0.3, -0.25) is 4.99 Å². The number of aliphatic imine (C=N–C) groups is 1. The summed E-state index contributed by atoms with van der Waals surface area (Å²) >= 11 is 0. The fourth-order valence-corrected chi connectivity index (χ4v) is 2.81. The average molecular weight is 407 g/mol. The van der Waals surface area contributed by atoms with Gasteiger partial charge in [0, 0.05) is 25.7 Å². The first-order valence-corrected chi connectivity index (χ1v) is 8.20. The van der Waals surface area contributed by atoms with Crippen molar-refractivity contribution in [3.63, 3.8) is 0 Å². The van der Waals surface area contributed by atoms with E-state index in [9.17, 15) is 0 Å². The quantitative estimate of drug-likeness (QED) is 0.224. The van der Waals surface area contributed by atoms with Gasteiger partial charge in [-0.2, -0.15) is 0 Å². The van der Waals surface area contributed by atoms with Crippen LogP contribution in [0.3, 0.4) is 0 Å². The summed E-state index contributed by atoms with van der Waals surface area (Å²) < 4.78 is 5.86. The van der Waals surface area contributed by atoms with E-state index in [1.165, 1.54) is 25.7 Å². The second-order valence-corrected chi connectivity index (χ2v) is 5.68. The van der Waals surface area contributed by atoms with Gasteiger partial charge in [-0.15, -0.1) is 24.0 Å². The molecule has 2 N–H and O–H groups in total. The molecule has 2 aliphatic rings. The summed E-state index contributed by atoms with van der Waals surface area (Å²) in [4.78, 5) is 4.63. The van der Waals surface area contributed by atoms with E-state index in [4.69, 9.17) is 4.74 Å².